The lowest BCUT2D eigenvalue weighted by molar-refractivity contribution is -0.100. The zero-order valence-corrected chi connectivity index (χ0v) is 9.99. The molecule has 94 valence electrons. The van der Waals surface area contributed by atoms with E-state index in [2.05, 4.69) is 5.32 Å². The number of benzene rings is 1. The molecule has 0 spiro atoms. The molecule has 0 radical (unpaired) electrons. The van der Waals surface area contributed by atoms with E-state index in [9.17, 15) is 4.39 Å². The molecule has 0 amide bonds. The summed E-state index contributed by atoms with van der Waals surface area (Å²) >= 11 is 0. The molecular formula is C13H18FNO2. The third-order valence-corrected chi connectivity index (χ3v) is 3.03. The zero-order valence-electron chi connectivity index (χ0n) is 9.99. The second-order valence-corrected chi connectivity index (χ2v) is 4.21. The highest BCUT2D eigenvalue weighted by atomic mass is 19.1. The number of nitrogens with one attached hydrogen (secondary N) is 1. The largest absolute Gasteiger partial charge is 0.376 e. The molecule has 1 aromatic rings. The molecule has 0 saturated carbocycles. The molecule has 1 N–H and O–H groups in total. The van der Waals surface area contributed by atoms with Crippen LogP contribution in [0.15, 0.2) is 24.3 Å². The second-order valence-electron chi connectivity index (χ2n) is 4.21. The minimum Gasteiger partial charge on any atom is -0.376 e. The molecule has 2 atom stereocenters. The van der Waals surface area contributed by atoms with Crippen LogP contribution in [0.2, 0.25) is 0 Å². The highest BCUT2D eigenvalue weighted by Crippen LogP contribution is 2.12. The average molecular weight is 239 g/mol. The van der Waals surface area contributed by atoms with Crippen molar-refractivity contribution in [2.45, 2.75) is 18.6 Å². The van der Waals surface area contributed by atoms with Gasteiger partial charge in [0.25, 0.3) is 0 Å². The fourth-order valence-corrected chi connectivity index (χ4v) is 2.03. The van der Waals surface area contributed by atoms with Crippen LogP contribution < -0.4 is 5.32 Å². The lowest BCUT2D eigenvalue weighted by atomic mass is 10.0. The van der Waals surface area contributed by atoms with E-state index in [1.807, 2.05) is 19.2 Å². The van der Waals surface area contributed by atoms with Crippen molar-refractivity contribution in [2.24, 2.45) is 0 Å². The van der Waals surface area contributed by atoms with Gasteiger partial charge in [-0.1, -0.05) is 12.1 Å². The van der Waals surface area contributed by atoms with Gasteiger partial charge in [0.15, 0.2) is 0 Å². The van der Waals surface area contributed by atoms with E-state index >= 15 is 0 Å². The van der Waals surface area contributed by atoms with Crippen LogP contribution in [0.5, 0.6) is 0 Å². The van der Waals surface area contributed by atoms with Crippen molar-refractivity contribution in [1.82, 2.24) is 5.32 Å². The summed E-state index contributed by atoms with van der Waals surface area (Å²) in [6.07, 6.45) is 0.879. The Bertz CT molecular complexity index is 336. The molecule has 17 heavy (non-hydrogen) atoms. The number of hydrogen-bond acceptors (Lipinski definition) is 3. The fraction of sp³-hybridized carbons (Fsp3) is 0.538. The van der Waals surface area contributed by atoms with E-state index in [4.69, 9.17) is 9.47 Å². The summed E-state index contributed by atoms with van der Waals surface area (Å²) in [5.74, 6) is -0.202. The van der Waals surface area contributed by atoms with E-state index < -0.39 is 0 Å². The van der Waals surface area contributed by atoms with E-state index in [-0.39, 0.29) is 18.0 Å². The van der Waals surface area contributed by atoms with Crippen LogP contribution >= 0.6 is 0 Å². The molecule has 1 aliphatic rings. The standard InChI is InChI=1S/C13H18FNO2/c1-15-12(13-9-16-6-7-17-13)8-10-2-4-11(14)5-3-10/h2-5,12-13,15H,6-9H2,1H3. The van der Waals surface area contributed by atoms with Crippen LogP contribution in [-0.4, -0.2) is 39.0 Å². The minimum atomic E-state index is -0.202. The lowest BCUT2D eigenvalue weighted by Crippen LogP contribution is -2.46. The molecule has 1 aliphatic heterocycles. The minimum absolute atomic E-state index is 0.0683. The quantitative estimate of drug-likeness (QED) is 0.861. The van der Waals surface area contributed by atoms with Gasteiger partial charge in [0.1, 0.15) is 5.82 Å². The molecule has 0 aliphatic carbocycles. The van der Waals surface area contributed by atoms with Crippen LogP contribution in [-0.2, 0) is 15.9 Å². The summed E-state index contributed by atoms with van der Waals surface area (Å²) < 4.78 is 23.9. The molecule has 2 unspecified atom stereocenters. The predicted octanol–water partition coefficient (Wildman–Crippen LogP) is 1.37. The molecule has 3 nitrogen and oxygen atoms in total. The van der Waals surface area contributed by atoms with Gasteiger partial charge in [0.05, 0.1) is 25.9 Å². The van der Waals surface area contributed by atoms with Crippen molar-refractivity contribution in [1.29, 1.82) is 0 Å². The van der Waals surface area contributed by atoms with Crippen LogP contribution in [0, 0.1) is 5.82 Å². The second kappa shape index (κ2) is 6.10. The van der Waals surface area contributed by atoms with Gasteiger partial charge in [-0.25, -0.2) is 4.39 Å². The maximum Gasteiger partial charge on any atom is 0.123 e. The molecule has 0 aromatic heterocycles. The number of halogens is 1. The monoisotopic (exact) mass is 239 g/mol. The Morgan fingerprint density at radius 1 is 1.35 bits per heavy atom. The van der Waals surface area contributed by atoms with Gasteiger partial charge in [-0.05, 0) is 31.2 Å². The van der Waals surface area contributed by atoms with Crippen LogP contribution in [0.4, 0.5) is 4.39 Å². The maximum atomic E-state index is 12.8. The molecular weight excluding hydrogens is 221 g/mol. The van der Waals surface area contributed by atoms with Gasteiger partial charge < -0.3 is 14.8 Å². The number of ether oxygens (including phenoxy) is 2. The first kappa shape index (κ1) is 12.5. The van der Waals surface area contributed by atoms with Gasteiger partial charge in [-0.3, -0.25) is 0 Å². The molecule has 1 fully saturated rings. The van der Waals surface area contributed by atoms with Crippen LogP contribution in [0.3, 0.4) is 0 Å². The SMILES string of the molecule is CNC(Cc1ccc(F)cc1)C1COCCO1. The Kier molecular flexibility index (Phi) is 4.48. The Labute approximate surface area is 101 Å². The predicted molar refractivity (Wildman–Crippen MR) is 63.5 cm³/mol. The van der Waals surface area contributed by atoms with Crippen molar-refractivity contribution in [3.63, 3.8) is 0 Å². The maximum absolute atomic E-state index is 12.8. The topological polar surface area (TPSA) is 30.5 Å². The Hall–Kier alpha value is -0.970. The summed E-state index contributed by atoms with van der Waals surface area (Å²) in [4.78, 5) is 0. The van der Waals surface area contributed by atoms with Gasteiger partial charge in [-0.2, -0.15) is 0 Å². The summed E-state index contributed by atoms with van der Waals surface area (Å²) in [6.45, 7) is 1.93. The van der Waals surface area contributed by atoms with Crippen molar-refractivity contribution < 1.29 is 13.9 Å². The first-order valence-electron chi connectivity index (χ1n) is 5.90. The number of rotatable bonds is 4. The van der Waals surface area contributed by atoms with Crippen LogP contribution in [0.25, 0.3) is 0 Å². The van der Waals surface area contributed by atoms with Crippen molar-refractivity contribution >= 4 is 0 Å². The lowest BCUT2D eigenvalue weighted by Gasteiger charge is -2.30. The molecule has 0 bridgehead atoms. The van der Waals surface area contributed by atoms with E-state index in [0.717, 1.165) is 12.0 Å². The van der Waals surface area contributed by atoms with Crippen molar-refractivity contribution in [3.05, 3.63) is 35.6 Å². The van der Waals surface area contributed by atoms with Gasteiger partial charge in [-0.15, -0.1) is 0 Å². The fourth-order valence-electron chi connectivity index (χ4n) is 2.03. The molecule has 4 heteroatoms. The third kappa shape index (κ3) is 3.49. The third-order valence-electron chi connectivity index (χ3n) is 3.03. The summed E-state index contributed by atoms with van der Waals surface area (Å²) in [5, 5.41) is 3.24. The molecule has 1 saturated heterocycles. The molecule has 1 aromatic carbocycles. The first-order valence-corrected chi connectivity index (χ1v) is 5.90. The summed E-state index contributed by atoms with van der Waals surface area (Å²) in [6, 6.07) is 6.79. The summed E-state index contributed by atoms with van der Waals surface area (Å²) in [7, 11) is 1.91. The Morgan fingerprint density at radius 2 is 2.12 bits per heavy atom. The summed E-state index contributed by atoms with van der Waals surface area (Å²) in [5.41, 5.74) is 1.10. The Balaban J connectivity index is 1.96. The zero-order chi connectivity index (χ0) is 12.1. The highest BCUT2D eigenvalue weighted by molar-refractivity contribution is 5.17. The van der Waals surface area contributed by atoms with E-state index in [1.165, 1.54) is 12.1 Å². The average Bonchev–Trinajstić information content (AvgIpc) is 2.39. The van der Waals surface area contributed by atoms with Gasteiger partial charge >= 0.3 is 0 Å². The van der Waals surface area contributed by atoms with Gasteiger partial charge in [0, 0.05) is 6.04 Å². The van der Waals surface area contributed by atoms with Crippen LogP contribution in [0.1, 0.15) is 5.56 Å². The molecule has 2 rings (SSSR count). The van der Waals surface area contributed by atoms with Crippen molar-refractivity contribution in [2.75, 3.05) is 26.9 Å². The number of likely N-dealkylation sites (N-methyl/N-ethyl adjacent to an activating group) is 1. The number of hydrogen-bond donors (Lipinski definition) is 1. The molecule has 1 heterocycles. The smallest absolute Gasteiger partial charge is 0.123 e. The van der Waals surface area contributed by atoms with Crippen molar-refractivity contribution in [3.8, 4) is 0 Å². The van der Waals surface area contributed by atoms with E-state index in [0.29, 0.717) is 19.8 Å². The Morgan fingerprint density at radius 3 is 2.71 bits per heavy atom. The van der Waals surface area contributed by atoms with Gasteiger partial charge in [0.2, 0.25) is 0 Å². The highest BCUT2D eigenvalue weighted by Gasteiger charge is 2.23. The van der Waals surface area contributed by atoms with E-state index in [1.54, 1.807) is 0 Å². The first-order chi connectivity index (χ1) is 8.29. The normalized spacial score (nSPS) is 22.4.